The summed E-state index contributed by atoms with van der Waals surface area (Å²) in [5, 5.41) is 0. The predicted molar refractivity (Wildman–Crippen MR) is 62.3 cm³/mol. The maximum absolute atomic E-state index is 11.9. The number of hydrogen-bond donors (Lipinski definition) is 0. The van der Waals surface area contributed by atoms with E-state index in [1.807, 2.05) is 20.8 Å². The molecule has 0 N–H and O–H groups in total. The highest BCUT2D eigenvalue weighted by molar-refractivity contribution is 5.76. The van der Waals surface area contributed by atoms with Crippen molar-refractivity contribution in [3.05, 3.63) is 0 Å². The van der Waals surface area contributed by atoms with Gasteiger partial charge in [-0.2, -0.15) is 0 Å². The van der Waals surface area contributed by atoms with E-state index in [2.05, 4.69) is 4.90 Å². The van der Waals surface area contributed by atoms with Crippen molar-refractivity contribution in [3.63, 3.8) is 0 Å². The molecular weight excluding hydrogens is 206 g/mol. The monoisotopic (exact) mass is 229 g/mol. The fourth-order valence-corrected chi connectivity index (χ4v) is 1.94. The summed E-state index contributed by atoms with van der Waals surface area (Å²) in [6.07, 6.45) is 1.96. The number of likely N-dealkylation sites (tertiary alicyclic amines) is 1. The zero-order valence-corrected chi connectivity index (χ0v) is 10.8. The molecule has 0 saturated carbocycles. The third kappa shape index (κ3) is 4.10. The van der Waals surface area contributed by atoms with E-state index in [9.17, 15) is 4.79 Å². The summed E-state index contributed by atoms with van der Waals surface area (Å²) in [5.41, 5.74) is -0.396. The van der Waals surface area contributed by atoms with Crippen molar-refractivity contribution < 1.29 is 14.3 Å². The van der Waals surface area contributed by atoms with Gasteiger partial charge in [0, 0.05) is 13.7 Å². The van der Waals surface area contributed by atoms with Gasteiger partial charge >= 0.3 is 5.97 Å². The van der Waals surface area contributed by atoms with Crippen LogP contribution in [0.2, 0.25) is 0 Å². The van der Waals surface area contributed by atoms with E-state index in [0.29, 0.717) is 6.61 Å². The highest BCUT2D eigenvalue weighted by Crippen LogP contribution is 2.20. The van der Waals surface area contributed by atoms with Gasteiger partial charge in [-0.25, -0.2) is 0 Å². The van der Waals surface area contributed by atoms with Gasteiger partial charge in [-0.05, 0) is 40.2 Å². The summed E-state index contributed by atoms with van der Waals surface area (Å²) in [6, 6.07) is -0.0747. The first-order valence-electron chi connectivity index (χ1n) is 5.90. The standard InChI is InChI=1S/C12H23NO3/c1-12(2,3)16-11(14)10-6-5-7-13(10)8-9-15-4/h10H,5-9H2,1-4H3/t10-/m1/s1. The van der Waals surface area contributed by atoms with Crippen LogP contribution in [0.5, 0.6) is 0 Å². The average Bonchev–Trinajstić information content (AvgIpc) is 2.59. The Morgan fingerprint density at radius 3 is 2.69 bits per heavy atom. The number of esters is 1. The zero-order chi connectivity index (χ0) is 12.2. The van der Waals surface area contributed by atoms with Gasteiger partial charge < -0.3 is 9.47 Å². The SMILES string of the molecule is COCCN1CCC[C@@H]1C(=O)OC(C)(C)C. The second kappa shape index (κ2) is 5.64. The maximum atomic E-state index is 11.9. The highest BCUT2D eigenvalue weighted by atomic mass is 16.6. The van der Waals surface area contributed by atoms with Crippen molar-refractivity contribution in [1.29, 1.82) is 0 Å². The Kier molecular flexibility index (Phi) is 4.74. The van der Waals surface area contributed by atoms with E-state index in [1.54, 1.807) is 7.11 Å². The summed E-state index contributed by atoms with van der Waals surface area (Å²) in [6.45, 7) is 8.14. The lowest BCUT2D eigenvalue weighted by molar-refractivity contribution is -0.160. The van der Waals surface area contributed by atoms with E-state index >= 15 is 0 Å². The summed E-state index contributed by atoms with van der Waals surface area (Å²) >= 11 is 0. The molecule has 0 radical (unpaired) electrons. The molecule has 1 aliphatic rings. The Labute approximate surface area is 97.9 Å². The summed E-state index contributed by atoms with van der Waals surface area (Å²) in [7, 11) is 1.68. The third-order valence-corrected chi connectivity index (χ3v) is 2.63. The van der Waals surface area contributed by atoms with Crippen molar-refractivity contribution >= 4 is 5.97 Å². The molecule has 1 aliphatic heterocycles. The van der Waals surface area contributed by atoms with E-state index in [-0.39, 0.29) is 12.0 Å². The number of carbonyl (C=O) groups excluding carboxylic acids is 1. The molecule has 0 bridgehead atoms. The molecule has 1 fully saturated rings. The van der Waals surface area contributed by atoms with Crippen LogP contribution in [-0.2, 0) is 14.3 Å². The Hall–Kier alpha value is -0.610. The molecule has 16 heavy (non-hydrogen) atoms. The largest absolute Gasteiger partial charge is 0.459 e. The molecule has 1 rings (SSSR count). The first-order valence-corrected chi connectivity index (χ1v) is 5.90. The van der Waals surface area contributed by atoms with Gasteiger partial charge in [0.2, 0.25) is 0 Å². The van der Waals surface area contributed by atoms with Crippen molar-refractivity contribution in [3.8, 4) is 0 Å². The molecule has 0 unspecified atom stereocenters. The van der Waals surface area contributed by atoms with Crippen LogP contribution in [0.25, 0.3) is 0 Å². The molecule has 1 heterocycles. The summed E-state index contributed by atoms with van der Waals surface area (Å²) < 4.78 is 10.4. The predicted octanol–water partition coefficient (Wildman–Crippen LogP) is 1.44. The Balaban J connectivity index is 2.47. The van der Waals surface area contributed by atoms with E-state index in [1.165, 1.54) is 0 Å². The molecule has 0 spiro atoms. The molecular formula is C12H23NO3. The minimum atomic E-state index is -0.396. The van der Waals surface area contributed by atoms with Crippen molar-refractivity contribution in [1.82, 2.24) is 4.90 Å². The maximum Gasteiger partial charge on any atom is 0.323 e. The van der Waals surface area contributed by atoms with Crippen molar-refractivity contribution in [2.75, 3.05) is 26.8 Å². The van der Waals surface area contributed by atoms with Crippen LogP contribution >= 0.6 is 0 Å². The van der Waals surface area contributed by atoms with Gasteiger partial charge in [0.1, 0.15) is 11.6 Å². The van der Waals surface area contributed by atoms with Crippen LogP contribution in [0.3, 0.4) is 0 Å². The van der Waals surface area contributed by atoms with E-state index < -0.39 is 5.60 Å². The molecule has 0 amide bonds. The van der Waals surface area contributed by atoms with Gasteiger partial charge in [-0.15, -0.1) is 0 Å². The number of ether oxygens (including phenoxy) is 2. The topological polar surface area (TPSA) is 38.8 Å². The second-order valence-corrected chi connectivity index (χ2v) is 5.22. The number of rotatable bonds is 4. The summed E-state index contributed by atoms with van der Waals surface area (Å²) in [4.78, 5) is 14.1. The van der Waals surface area contributed by atoms with Crippen LogP contribution in [0, 0.1) is 0 Å². The van der Waals surface area contributed by atoms with E-state index in [0.717, 1.165) is 25.9 Å². The molecule has 4 nitrogen and oxygen atoms in total. The number of hydrogen-bond acceptors (Lipinski definition) is 4. The second-order valence-electron chi connectivity index (χ2n) is 5.22. The van der Waals surface area contributed by atoms with Crippen LogP contribution < -0.4 is 0 Å². The number of nitrogens with zero attached hydrogens (tertiary/aromatic N) is 1. The molecule has 0 aliphatic carbocycles. The van der Waals surface area contributed by atoms with Crippen LogP contribution in [0.1, 0.15) is 33.6 Å². The lowest BCUT2D eigenvalue weighted by Crippen LogP contribution is -2.41. The Morgan fingerprint density at radius 2 is 2.12 bits per heavy atom. The third-order valence-electron chi connectivity index (χ3n) is 2.63. The number of carbonyl (C=O) groups is 1. The molecule has 1 saturated heterocycles. The van der Waals surface area contributed by atoms with Crippen molar-refractivity contribution in [2.24, 2.45) is 0 Å². The Bertz CT molecular complexity index is 235. The smallest absolute Gasteiger partial charge is 0.323 e. The van der Waals surface area contributed by atoms with E-state index in [4.69, 9.17) is 9.47 Å². The normalized spacial score (nSPS) is 22.4. The first kappa shape index (κ1) is 13.5. The first-order chi connectivity index (χ1) is 7.44. The average molecular weight is 229 g/mol. The highest BCUT2D eigenvalue weighted by Gasteiger charge is 2.33. The van der Waals surface area contributed by atoms with Gasteiger partial charge in [-0.3, -0.25) is 9.69 Å². The molecule has 4 heteroatoms. The summed E-state index contributed by atoms with van der Waals surface area (Å²) in [5.74, 6) is -0.0962. The van der Waals surface area contributed by atoms with Gasteiger partial charge in [-0.1, -0.05) is 0 Å². The van der Waals surface area contributed by atoms with Gasteiger partial charge in [0.15, 0.2) is 0 Å². The molecule has 0 aromatic carbocycles. The van der Waals surface area contributed by atoms with Crippen LogP contribution in [0.4, 0.5) is 0 Å². The minimum Gasteiger partial charge on any atom is -0.459 e. The lowest BCUT2D eigenvalue weighted by Gasteiger charge is -2.27. The molecule has 0 aromatic rings. The van der Waals surface area contributed by atoms with Gasteiger partial charge in [0.25, 0.3) is 0 Å². The Morgan fingerprint density at radius 1 is 1.44 bits per heavy atom. The lowest BCUT2D eigenvalue weighted by atomic mass is 10.1. The minimum absolute atomic E-state index is 0.0747. The fraction of sp³-hybridized carbons (Fsp3) is 0.917. The quantitative estimate of drug-likeness (QED) is 0.684. The fourth-order valence-electron chi connectivity index (χ4n) is 1.94. The number of methoxy groups -OCH3 is 1. The molecule has 0 aromatic heterocycles. The van der Waals surface area contributed by atoms with Crippen LogP contribution in [-0.4, -0.2) is 49.3 Å². The van der Waals surface area contributed by atoms with Gasteiger partial charge in [0.05, 0.1) is 6.61 Å². The molecule has 1 atom stereocenters. The molecule has 94 valence electrons. The van der Waals surface area contributed by atoms with Crippen molar-refractivity contribution in [2.45, 2.75) is 45.3 Å². The zero-order valence-electron chi connectivity index (χ0n) is 10.8. The van der Waals surface area contributed by atoms with Crippen LogP contribution in [0.15, 0.2) is 0 Å².